The summed E-state index contributed by atoms with van der Waals surface area (Å²) in [6.45, 7) is 2.25. The first-order valence-corrected chi connectivity index (χ1v) is 9.16. The zero-order valence-electron chi connectivity index (χ0n) is 11.0. The van der Waals surface area contributed by atoms with Crippen LogP contribution in [0.2, 0.25) is 4.47 Å². The Morgan fingerprint density at radius 3 is 2.26 bits per heavy atom. The van der Waals surface area contributed by atoms with E-state index in [9.17, 15) is 0 Å². The van der Waals surface area contributed by atoms with Crippen molar-refractivity contribution in [2.75, 3.05) is 0 Å². The monoisotopic (exact) mass is 362 g/mol. The summed E-state index contributed by atoms with van der Waals surface area (Å²) in [6.07, 6.45) is 2.11. The Bertz CT molecular complexity index is 586. The number of allylic oxidation sites excluding steroid dienone is 1. The average Bonchev–Trinajstić information content (AvgIpc) is 2.48. The SMILES string of the molecule is CC[Te]/C(=C\C#Cc1ccccc1)c1ccccc1. The maximum atomic E-state index is 3.21. The van der Waals surface area contributed by atoms with Gasteiger partial charge in [-0.2, -0.15) is 0 Å². The van der Waals surface area contributed by atoms with Gasteiger partial charge in [0.2, 0.25) is 0 Å². The molecule has 0 heterocycles. The molecule has 94 valence electrons. The van der Waals surface area contributed by atoms with E-state index in [1.54, 1.807) is 0 Å². The molecule has 0 saturated heterocycles. The second-order valence-electron chi connectivity index (χ2n) is 3.94. The van der Waals surface area contributed by atoms with Crippen molar-refractivity contribution < 1.29 is 0 Å². The predicted molar refractivity (Wildman–Crippen MR) is 84.0 cm³/mol. The van der Waals surface area contributed by atoms with Gasteiger partial charge in [-0.3, -0.25) is 0 Å². The molecule has 0 aliphatic carbocycles. The molecule has 0 spiro atoms. The van der Waals surface area contributed by atoms with Gasteiger partial charge in [-0.25, -0.2) is 0 Å². The zero-order valence-corrected chi connectivity index (χ0v) is 13.3. The molecule has 0 unspecified atom stereocenters. The topological polar surface area (TPSA) is 0 Å². The van der Waals surface area contributed by atoms with Crippen molar-refractivity contribution in [1.29, 1.82) is 0 Å². The molecule has 0 nitrogen and oxygen atoms in total. The first-order valence-electron chi connectivity index (χ1n) is 6.35. The summed E-state index contributed by atoms with van der Waals surface area (Å²) < 4.78 is 2.70. The van der Waals surface area contributed by atoms with Gasteiger partial charge in [0.05, 0.1) is 0 Å². The first-order chi connectivity index (χ1) is 9.40. The molecule has 19 heavy (non-hydrogen) atoms. The van der Waals surface area contributed by atoms with Gasteiger partial charge in [-0.15, -0.1) is 0 Å². The van der Waals surface area contributed by atoms with E-state index in [0.29, 0.717) is 0 Å². The van der Waals surface area contributed by atoms with Crippen LogP contribution < -0.4 is 0 Å². The summed E-state index contributed by atoms with van der Waals surface area (Å²) in [5.41, 5.74) is 2.40. The third-order valence-corrected chi connectivity index (χ3v) is 5.27. The average molecular weight is 360 g/mol. The molecule has 0 aromatic heterocycles. The third kappa shape index (κ3) is 4.60. The predicted octanol–water partition coefficient (Wildman–Crippen LogP) is 4.22. The molecule has 0 atom stereocenters. The van der Waals surface area contributed by atoms with Crippen molar-refractivity contribution in [3.8, 4) is 11.8 Å². The Morgan fingerprint density at radius 2 is 1.63 bits per heavy atom. The molecule has 0 fully saturated rings. The molecule has 0 radical (unpaired) electrons. The van der Waals surface area contributed by atoms with Crippen LogP contribution >= 0.6 is 0 Å². The number of hydrogen-bond acceptors (Lipinski definition) is 0. The zero-order chi connectivity index (χ0) is 13.3. The van der Waals surface area contributed by atoms with Gasteiger partial charge in [0.25, 0.3) is 0 Å². The Morgan fingerprint density at radius 1 is 1.00 bits per heavy atom. The molecule has 1 heteroatoms. The molecular weight excluding hydrogens is 344 g/mol. The van der Waals surface area contributed by atoms with E-state index < -0.39 is 0 Å². The third-order valence-electron chi connectivity index (χ3n) is 2.55. The fourth-order valence-corrected chi connectivity index (χ4v) is 3.83. The Labute approximate surface area is 125 Å². The second kappa shape index (κ2) is 7.85. The van der Waals surface area contributed by atoms with Crippen molar-refractivity contribution in [3.63, 3.8) is 0 Å². The maximum absolute atomic E-state index is 3.21. The van der Waals surface area contributed by atoms with Crippen LogP contribution in [0, 0.1) is 11.8 Å². The number of benzene rings is 2. The van der Waals surface area contributed by atoms with Gasteiger partial charge in [-0.1, -0.05) is 0 Å². The van der Waals surface area contributed by atoms with Crippen LogP contribution in [0.5, 0.6) is 0 Å². The van der Waals surface area contributed by atoms with E-state index in [1.807, 2.05) is 30.3 Å². The quantitative estimate of drug-likeness (QED) is 0.568. The summed E-state index contributed by atoms with van der Waals surface area (Å²) in [7, 11) is 0. The molecular formula is C18H16Te. The summed E-state index contributed by atoms with van der Waals surface area (Å²) in [6, 6.07) is 20.7. The van der Waals surface area contributed by atoms with Gasteiger partial charge in [0.1, 0.15) is 0 Å². The van der Waals surface area contributed by atoms with Gasteiger partial charge in [0.15, 0.2) is 0 Å². The van der Waals surface area contributed by atoms with E-state index in [2.05, 4.69) is 55.2 Å². The van der Waals surface area contributed by atoms with Crippen LogP contribution in [0.25, 0.3) is 3.62 Å². The molecule has 2 aromatic carbocycles. The van der Waals surface area contributed by atoms with Crippen LogP contribution in [0.15, 0.2) is 66.7 Å². The van der Waals surface area contributed by atoms with Crippen molar-refractivity contribution >= 4 is 24.5 Å². The molecule has 2 aromatic rings. The Balaban J connectivity index is 2.21. The number of hydrogen-bond donors (Lipinski definition) is 0. The fourth-order valence-electron chi connectivity index (χ4n) is 1.67. The van der Waals surface area contributed by atoms with Crippen molar-refractivity contribution in [1.82, 2.24) is 0 Å². The van der Waals surface area contributed by atoms with Gasteiger partial charge >= 0.3 is 126 Å². The van der Waals surface area contributed by atoms with Gasteiger partial charge in [-0.05, 0) is 0 Å². The van der Waals surface area contributed by atoms with Crippen molar-refractivity contribution in [2.45, 2.75) is 11.4 Å². The summed E-state index contributed by atoms with van der Waals surface area (Å²) >= 11 is -0.123. The molecule has 0 aliphatic heterocycles. The molecule has 0 saturated carbocycles. The Kier molecular flexibility index (Phi) is 5.77. The summed E-state index contributed by atoms with van der Waals surface area (Å²) in [4.78, 5) is 0. The van der Waals surface area contributed by atoms with E-state index in [1.165, 1.54) is 13.7 Å². The standard InChI is InChI=1S/C18H16Te/c1-2-19-18(17-13-7-4-8-14-17)15-9-12-16-10-5-3-6-11-16/h3-8,10-11,13-15H,2H2,1H3/b18-15-. The molecule has 0 N–H and O–H groups in total. The van der Waals surface area contributed by atoms with Crippen molar-refractivity contribution in [3.05, 3.63) is 77.9 Å². The van der Waals surface area contributed by atoms with Gasteiger partial charge in [0, 0.05) is 0 Å². The van der Waals surface area contributed by atoms with Crippen LogP contribution in [-0.4, -0.2) is 20.9 Å². The normalized spacial score (nSPS) is 10.7. The van der Waals surface area contributed by atoms with E-state index in [4.69, 9.17) is 0 Å². The van der Waals surface area contributed by atoms with E-state index >= 15 is 0 Å². The summed E-state index contributed by atoms with van der Waals surface area (Å²) in [5.74, 6) is 6.40. The second-order valence-corrected chi connectivity index (χ2v) is 7.67. The molecule has 0 bridgehead atoms. The van der Waals surface area contributed by atoms with Crippen LogP contribution in [0.3, 0.4) is 0 Å². The van der Waals surface area contributed by atoms with Crippen LogP contribution in [-0.2, 0) is 0 Å². The van der Waals surface area contributed by atoms with E-state index in [0.717, 1.165) is 5.56 Å². The van der Waals surface area contributed by atoms with Crippen molar-refractivity contribution in [2.24, 2.45) is 0 Å². The molecule has 0 aliphatic rings. The van der Waals surface area contributed by atoms with Crippen LogP contribution in [0.1, 0.15) is 18.1 Å². The van der Waals surface area contributed by atoms with Crippen LogP contribution in [0.4, 0.5) is 0 Å². The minimum atomic E-state index is -0.123. The fraction of sp³-hybridized carbons (Fsp3) is 0.111. The molecule has 0 amide bonds. The Hall–Kier alpha value is -1.47. The summed E-state index contributed by atoms with van der Waals surface area (Å²) in [5, 5.41) is 0. The first kappa shape index (κ1) is 13.9. The number of rotatable bonds is 3. The minimum absolute atomic E-state index is 0.123. The van der Waals surface area contributed by atoms with Gasteiger partial charge < -0.3 is 0 Å². The molecule has 2 rings (SSSR count). The van der Waals surface area contributed by atoms with E-state index in [-0.39, 0.29) is 20.9 Å².